The molecule has 0 saturated carbocycles. The Hall–Kier alpha value is -3.39. The fourth-order valence-corrected chi connectivity index (χ4v) is 3.16. The SMILES string of the molecule is COc1cc2c(Nc3ccc(Cl)cc3F)ncnc2cc1OCCCn1ccnc1. The number of nitrogens with zero attached hydrogens (tertiary/aromatic N) is 4. The molecule has 0 bridgehead atoms. The van der Waals surface area contributed by atoms with Crippen molar-refractivity contribution < 1.29 is 13.9 Å². The Morgan fingerprint density at radius 2 is 2.07 bits per heavy atom. The Labute approximate surface area is 177 Å². The molecule has 9 heteroatoms. The van der Waals surface area contributed by atoms with Crippen LogP contribution in [0.5, 0.6) is 11.5 Å². The summed E-state index contributed by atoms with van der Waals surface area (Å²) in [5.41, 5.74) is 0.908. The lowest BCUT2D eigenvalue weighted by Crippen LogP contribution is -2.04. The van der Waals surface area contributed by atoms with Gasteiger partial charge in [0.15, 0.2) is 11.5 Å². The van der Waals surface area contributed by atoms with Gasteiger partial charge in [0.1, 0.15) is 18.0 Å². The summed E-state index contributed by atoms with van der Waals surface area (Å²) in [4.78, 5) is 12.6. The highest BCUT2D eigenvalue weighted by atomic mass is 35.5. The molecule has 0 radical (unpaired) electrons. The van der Waals surface area contributed by atoms with E-state index in [1.807, 2.05) is 10.8 Å². The highest BCUT2D eigenvalue weighted by Gasteiger charge is 2.13. The number of ether oxygens (including phenoxy) is 2. The van der Waals surface area contributed by atoms with E-state index in [9.17, 15) is 4.39 Å². The summed E-state index contributed by atoms with van der Waals surface area (Å²) in [5.74, 6) is 1.10. The fraction of sp³-hybridized carbons (Fsp3) is 0.190. The van der Waals surface area contributed by atoms with Crippen molar-refractivity contribution in [3.05, 3.63) is 66.2 Å². The summed E-state index contributed by atoms with van der Waals surface area (Å²) >= 11 is 5.82. The van der Waals surface area contributed by atoms with Gasteiger partial charge in [-0.1, -0.05) is 11.6 Å². The molecule has 1 N–H and O–H groups in total. The predicted molar refractivity (Wildman–Crippen MR) is 113 cm³/mol. The van der Waals surface area contributed by atoms with Gasteiger partial charge < -0.3 is 19.4 Å². The molecule has 2 aromatic carbocycles. The Balaban J connectivity index is 1.55. The maximum atomic E-state index is 14.2. The van der Waals surface area contributed by atoms with Gasteiger partial charge in [0.25, 0.3) is 0 Å². The zero-order chi connectivity index (χ0) is 20.9. The summed E-state index contributed by atoms with van der Waals surface area (Å²) < 4.78 is 27.6. The first-order valence-corrected chi connectivity index (χ1v) is 9.65. The molecule has 0 aliphatic carbocycles. The predicted octanol–water partition coefficient (Wildman–Crippen LogP) is 4.84. The highest BCUT2D eigenvalue weighted by Crippen LogP contribution is 2.35. The lowest BCUT2D eigenvalue weighted by atomic mass is 10.2. The molecular formula is C21H19ClFN5O2. The molecule has 2 aromatic heterocycles. The van der Waals surface area contributed by atoms with Gasteiger partial charge in [0, 0.05) is 35.4 Å². The molecule has 30 heavy (non-hydrogen) atoms. The van der Waals surface area contributed by atoms with E-state index in [1.54, 1.807) is 43.9 Å². The zero-order valence-corrected chi connectivity index (χ0v) is 16.9. The standard InChI is InChI=1S/C21H19ClFN5O2/c1-29-19-10-15-18(11-20(19)30-8-2-6-28-7-5-24-13-28)25-12-26-21(15)27-17-4-3-14(22)9-16(17)23/h3-5,7,9-13H,2,6,8H2,1H3,(H,25,26,27). The zero-order valence-electron chi connectivity index (χ0n) is 16.2. The maximum absolute atomic E-state index is 14.2. The number of hydrogen-bond acceptors (Lipinski definition) is 6. The van der Waals surface area contributed by atoms with Crippen molar-refractivity contribution in [1.82, 2.24) is 19.5 Å². The molecule has 0 spiro atoms. The van der Waals surface area contributed by atoms with Gasteiger partial charge in [-0.2, -0.15) is 0 Å². The number of benzene rings is 2. The number of rotatable bonds is 8. The van der Waals surface area contributed by atoms with Crippen molar-refractivity contribution in [2.75, 3.05) is 19.0 Å². The van der Waals surface area contributed by atoms with Crippen LogP contribution in [0.3, 0.4) is 0 Å². The van der Waals surface area contributed by atoms with Crippen LogP contribution in [0.2, 0.25) is 5.02 Å². The van der Waals surface area contributed by atoms with Gasteiger partial charge in [-0.15, -0.1) is 0 Å². The number of methoxy groups -OCH3 is 1. The van der Waals surface area contributed by atoms with E-state index in [0.717, 1.165) is 13.0 Å². The Bertz CT molecular complexity index is 1150. The minimum atomic E-state index is -0.473. The number of fused-ring (bicyclic) bond motifs is 1. The third kappa shape index (κ3) is 4.44. The van der Waals surface area contributed by atoms with Crippen molar-refractivity contribution in [2.24, 2.45) is 0 Å². The Morgan fingerprint density at radius 3 is 2.83 bits per heavy atom. The smallest absolute Gasteiger partial charge is 0.163 e. The summed E-state index contributed by atoms with van der Waals surface area (Å²) in [5, 5.41) is 3.99. The molecular weight excluding hydrogens is 409 g/mol. The lowest BCUT2D eigenvalue weighted by molar-refractivity contribution is 0.283. The average Bonchev–Trinajstić information content (AvgIpc) is 3.26. The van der Waals surface area contributed by atoms with E-state index in [2.05, 4.69) is 20.3 Å². The van der Waals surface area contributed by atoms with Crippen LogP contribution in [0.15, 0.2) is 55.4 Å². The number of hydrogen-bond donors (Lipinski definition) is 1. The van der Waals surface area contributed by atoms with Crippen LogP contribution in [-0.2, 0) is 6.54 Å². The first kappa shape index (κ1) is 19.9. The number of aryl methyl sites for hydroxylation is 1. The third-order valence-electron chi connectivity index (χ3n) is 4.48. The van der Waals surface area contributed by atoms with Gasteiger partial charge in [-0.25, -0.2) is 19.3 Å². The Morgan fingerprint density at radius 1 is 1.17 bits per heavy atom. The van der Waals surface area contributed by atoms with Crippen molar-refractivity contribution in [2.45, 2.75) is 13.0 Å². The fourth-order valence-electron chi connectivity index (χ4n) is 3.00. The molecule has 0 saturated heterocycles. The van der Waals surface area contributed by atoms with Gasteiger partial charge >= 0.3 is 0 Å². The molecule has 0 unspecified atom stereocenters. The molecule has 0 aliphatic rings. The minimum Gasteiger partial charge on any atom is -0.493 e. The second-order valence-corrected chi connectivity index (χ2v) is 6.93. The quantitative estimate of drug-likeness (QED) is 0.405. The number of halogens is 2. The molecule has 0 aliphatic heterocycles. The number of anilines is 2. The van der Waals surface area contributed by atoms with Gasteiger partial charge in [-0.3, -0.25) is 0 Å². The van der Waals surface area contributed by atoms with Gasteiger partial charge in [-0.05, 0) is 30.7 Å². The largest absolute Gasteiger partial charge is 0.493 e. The third-order valence-corrected chi connectivity index (χ3v) is 4.72. The number of nitrogens with one attached hydrogen (secondary N) is 1. The topological polar surface area (TPSA) is 74.1 Å². The van der Waals surface area contributed by atoms with Gasteiger partial charge in [0.2, 0.25) is 0 Å². The highest BCUT2D eigenvalue weighted by molar-refractivity contribution is 6.30. The van der Waals surface area contributed by atoms with Crippen LogP contribution in [0.4, 0.5) is 15.9 Å². The summed E-state index contributed by atoms with van der Waals surface area (Å²) in [6.45, 7) is 1.31. The van der Waals surface area contributed by atoms with E-state index in [1.165, 1.54) is 12.4 Å². The van der Waals surface area contributed by atoms with Crippen molar-refractivity contribution in [3.8, 4) is 11.5 Å². The summed E-state index contributed by atoms with van der Waals surface area (Å²) in [7, 11) is 1.56. The number of imidazole rings is 1. The molecule has 0 atom stereocenters. The molecule has 7 nitrogen and oxygen atoms in total. The van der Waals surface area contributed by atoms with Crippen LogP contribution in [0.25, 0.3) is 10.9 Å². The molecule has 0 amide bonds. The Kier molecular flexibility index (Phi) is 5.94. The van der Waals surface area contributed by atoms with E-state index >= 15 is 0 Å². The minimum absolute atomic E-state index is 0.262. The van der Waals surface area contributed by atoms with Crippen LogP contribution in [0.1, 0.15) is 6.42 Å². The molecule has 4 rings (SSSR count). The van der Waals surface area contributed by atoms with E-state index in [4.69, 9.17) is 21.1 Å². The molecule has 4 aromatic rings. The number of aromatic nitrogens is 4. The van der Waals surface area contributed by atoms with Gasteiger partial charge in [0.05, 0.1) is 31.2 Å². The van der Waals surface area contributed by atoms with Crippen LogP contribution >= 0.6 is 11.6 Å². The second kappa shape index (κ2) is 8.96. The maximum Gasteiger partial charge on any atom is 0.163 e. The summed E-state index contributed by atoms with van der Waals surface area (Å²) in [6.07, 6.45) is 7.64. The first-order valence-electron chi connectivity index (χ1n) is 9.27. The van der Waals surface area contributed by atoms with Crippen LogP contribution in [0, 0.1) is 5.82 Å². The lowest BCUT2D eigenvalue weighted by Gasteiger charge is -2.14. The normalized spacial score (nSPS) is 10.9. The second-order valence-electron chi connectivity index (χ2n) is 6.49. The molecule has 154 valence electrons. The van der Waals surface area contributed by atoms with Crippen molar-refractivity contribution >= 4 is 34.0 Å². The summed E-state index contributed by atoms with van der Waals surface area (Å²) in [6, 6.07) is 7.96. The van der Waals surface area contributed by atoms with E-state index in [0.29, 0.717) is 39.8 Å². The van der Waals surface area contributed by atoms with Crippen molar-refractivity contribution in [3.63, 3.8) is 0 Å². The average molecular weight is 428 g/mol. The monoisotopic (exact) mass is 427 g/mol. The van der Waals surface area contributed by atoms with Crippen LogP contribution < -0.4 is 14.8 Å². The molecule has 2 heterocycles. The first-order chi connectivity index (χ1) is 14.6. The van der Waals surface area contributed by atoms with E-state index < -0.39 is 5.82 Å². The van der Waals surface area contributed by atoms with Crippen molar-refractivity contribution in [1.29, 1.82) is 0 Å². The molecule has 0 fully saturated rings. The van der Waals surface area contributed by atoms with Crippen LogP contribution in [-0.4, -0.2) is 33.2 Å². The van der Waals surface area contributed by atoms with E-state index in [-0.39, 0.29) is 5.69 Å².